The standard InChI is InChI=1S/C22H28O3.C20H25NO4/c1-4-5-6-7-8-18(3)24-20-13-15-21(16-14-20)25-22(23)19-11-9-17(2)10-12-19;1-4-15(2)6-5-13-24-19-12-7-16(14-21-19)20(22)25-18-10-8-17(23-3)9-11-18/h9-16,18H,4-8H2,1-3H3;7-12,14-15H,4-6,13H2,1-3H3. The predicted molar refractivity (Wildman–Crippen MR) is 198 cm³/mol. The smallest absolute Gasteiger partial charge is 0.345 e. The molecule has 4 aromatic rings. The monoisotopic (exact) mass is 683 g/mol. The molecular formula is C42H53NO7. The van der Waals surface area contributed by atoms with Crippen LogP contribution in [0.1, 0.15) is 105 Å². The summed E-state index contributed by atoms with van der Waals surface area (Å²) in [4.78, 5) is 28.4. The average molecular weight is 684 g/mol. The molecule has 0 aliphatic carbocycles. The number of aromatic nitrogens is 1. The Morgan fingerprint density at radius 1 is 0.660 bits per heavy atom. The summed E-state index contributed by atoms with van der Waals surface area (Å²) in [7, 11) is 1.58. The zero-order valence-electron chi connectivity index (χ0n) is 30.5. The Hall–Kier alpha value is -4.85. The molecule has 2 unspecified atom stereocenters. The van der Waals surface area contributed by atoms with Crippen molar-refractivity contribution < 1.29 is 33.3 Å². The van der Waals surface area contributed by atoms with Gasteiger partial charge in [0.15, 0.2) is 0 Å². The molecule has 3 aromatic carbocycles. The first-order valence-corrected chi connectivity index (χ1v) is 17.7. The van der Waals surface area contributed by atoms with E-state index in [-0.39, 0.29) is 12.1 Å². The van der Waals surface area contributed by atoms with Crippen LogP contribution in [-0.4, -0.2) is 36.7 Å². The zero-order chi connectivity index (χ0) is 36.1. The second-order valence-electron chi connectivity index (χ2n) is 12.5. The second kappa shape index (κ2) is 22.0. The number of hydrogen-bond donors (Lipinski definition) is 0. The molecule has 0 amide bonds. The zero-order valence-corrected chi connectivity index (χ0v) is 30.5. The largest absolute Gasteiger partial charge is 0.497 e. The molecule has 2 atom stereocenters. The van der Waals surface area contributed by atoms with E-state index in [4.69, 9.17) is 23.7 Å². The van der Waals surface area contributed by atoms with E-state index in [1.165, 1.54) is 38.3 Å². The van der Waals surface area contributed by atoms with Crippen molar-refractivity contribution >= 4 is 11.9 Å². The number of pyridine rings is 1. The lowest BCUT2D eigenvalue weighted by molar-refractivity contribution is 0.0724. The fourth-order valence-electron chi connectivity index (χ4n) is 4.80. The molecule has 8 nitrogen and oxygen atoms in total. The number of methoxy groups -OCH3 is 1. The fourth-order valence-corrected chi connectivity index (χ4v) is 4.80. The maximum Gasteiger partial charge on any atom is 0.345 e. The van der Waals surface area contributed by atoms with Gasteiger partial charge in [0.25, 0.3) is 0 Å². The summed E-state index contributed by atoms with van der Waals surface area (Å²) < 4.78 is 27.3. The van der Waals surface area contributed by atoms with E-state index in [1.54, 1.807) is 67.8 Å². The van der Waals surface area contributed by atoms with Gasteiger partial charge in [0, 0.05) is 12.3 Å². The Balaban J connectivity index is 0.000000270. The summed E-state index contributed by atoms with van der Waals surface area (Å²) in [6, 6.07) is 24.7. The summed E-state index contributed by atoms with van der Waals surface area (Å²) in [6.45, 7) is 11.4. The van der Waals surface area contributed by atoms with Crippen molar-refractivity contribution in [3.05, 3.63) is 108 Å². The van der Waals surface area contributed by atoms with Gasteiger partial charge in [-0.3, -0.25) is 0 Å². The number of carbonyl (C=O) groups excluding carboxylic acids is 2. The molecular weight excluding hydrogens is 630 g/mol. The lowest BCUT2D eigenvalue weighted by Crippen LogP contribution is -2.11. The highest BCUT2D eigenvalue weighted by molar-refractivity contribution is 5.91. The Bertz CT molecular complexity index is 1540. The maximum atomic E-state index is 12.1. The van der Waals surface area contributed by atoms with Crippen LogP contribution < -0.4 is 23.7 Å². The van der Waals surface area contributed by atoms with Crippen molar-refractivity contribution in [2.75, 3.05) is 13.7 Å². The molecule has 0 radical (unpaired) electrons. The molecule has 0 saturated carbocycles. The van der Waals surface area contributed by atoms with Crippen molar-refractivity contribution in [3.8, 4) is 28.9 Å². The van der Waals surface area contributed by atoms with Crippen molar-refractivity contribution in [2.45, 2.75) is 92.1 Å². The van der Waals surface area contributed by atoms with Crippen LogP contribution in [0.5, 0.6) is 28.9 Å². The first kappa shape index (κ1) is 39.6. The first-order chi connectivity index (χ1) is 24.2. The molecule has 8 heteroatoms. The molecule has 0 saturated heterocycles. The quantitative estimate of drug-likeness (QED) is 0.0581. The van der Waals surface area contributed by atoms with Crippen molar-refractivity contribution in [3.63, 3.8) is 0 Å². The van der Waals surface area contributed by atoms with E-state index in [0.717, 1.165) is 30.6 Å². The summed E-state index contributed by atoms with van der Waals surface area (Å²) in [5.74, 6) is 2.91. The van der Waals surface area contributed by atoms with Gasteiger partial charge in [0.2, 0.25) is 5.88 Å². The lowest BCUT2D eigenvalue weighted by Gasteiger charge is -2.15. The number of rotatable bonds is 18. The molecule has 4 rings (SSSR count). The van der Waals surface area contributed by atoms with Crippen LogP contribution in [0.4, 0.5) is 0 Å². The van der Waals surface area contributed by atoms with Gasteiger partial charge in [-0.15, -0.1) is 0 Å². The van der Waals surface area contributed by atoms with Crippen LogP contribution in [0.2, 0.25) is 0 Å². The number of carbonyl (C=O) groups is 2. The predicted octanol–water partition coefficient (Wildman–Crippen LogP) is 10.5. The van der Waals surface area contributed by atoms with Gasteiger partial charge in [-0.2, -0.15) is 0 Å². The average Bonchev–Trinajstić information content (AvgIpc) is 3.13. The maximum absolute atomic E-state index is 12.1. The minimum Gasteiger partial charge on any atom is -0.497 e. The van der Waals surface area contributed by atoms with Crippen LogP contribution in [0.3, 0.4) is 0 Å². The van der Waals surface area contributed by atoms with Gasteiger partial charge in [0.05, 0.1) is 30.9 Å². The van der Waals surface area contributed by atoms with Crippen molar-refractivity contribution in [1.29, 1.82) is 0 Å². The molecule has 0 N–H and O–H groups in total. The Labute approximate surface area is 298 Å². The molecule has 0 aliphatic heterocycles. The number of benzene rings is 3. The van der Waals surface area contributed by atoms with Gasteiger partial charge in [-0.1, -0.05) is 64.2 Å². The Morgan fingerprint density at radius 3 is 1.80 bits per heavy atom. The topological polar surface area (TPSA) is 93.2 Å². The highest BCUT2D eigenvalue weighted by Crippen LogP contribution is 2.22. The summed E-state index contributed by atoms with van der Waals surface area (Å²) >= 11 is 0. The highest BCUT2D eigenvalue weighted by atomic mass is 16.5. The second-order valence-corrected chi connectivity index (χ2v) is 12.5. The molecule has 1 aromatic heterocycles. The fraction of sp³-hybridized carbons (Fsp3) is 0.405. The summed E-state index contributed by atoms with van der Waals surface area (Å²) in [5.41, 5.74) is 2.04. The van der Waals surface area contributed by atoms with E-state index >= 15 is 0 Å². The first-order valence-electron chi connectivity index (χ1n) is 17.7. The lowest BCUT2D eigenvalue weighted by atomic mass is 10.0. The van der Waals surface area contributed by atoms with Crippen LogP contribution >= 0.6 is 0 Å². The van der Waals surface area contributed by atoms with Crippen molar-refractivity contribution in [1.82, 2.24) is 4.98 Å². The van der Waals surface area contributed by atoms with Crippen LogP contribution in [0.25, 0.3) is 0 Å². The molecule has 50 heavy (non-hydrogen) atoms. The van der Waals surface area contributed by atoms with Crippen LogP contribution in [0.15, 0.2) is 91.1 Å². The number of esters is 2. The van der Waals surface area contributed by atoms with Gasteiger partial charge >= 0.3 is 11.9 Å². The Morgan fingerprint density at radius 2 is 1.24 bits per heavy atom. The summed E-state index contributed by atoms with van der Waals surface area (Å²) in [5, 5.41) is 0. The SMILES string of the molecule is CCC(C)CCCOc1ccc(C(=O)Oc2ccc(OC)cc2)cn1.CCCCCCC(C)Oc1ccc(OC(=O)c2ccc(C)cc2)cc1. The minimum atomic E-state index is -0.457. The number of aryl methyl sites for hydroxylation is 1. The Kier molecular flexibility index (Phi) is 17.4. The van der Waals surface area contributed by atoms with Crippen molar-refractivity contribution in [2.24, 2.45) is 5.92 Å². The molecule has 268 valence electrons. The van der Waals surface area contributed by atoms with Gasteiger partial charge in [-0.25, -0.2) is 14.6 Å². The molecule has 0 aliphatic rings. The number of ether oxygens (including phenoxy) is 5. The molecule has 1 heterocycles. The van der Waals surface area contributed by atoms with E-state index in [1.807, 2.05) is 31.2 Å². The van der Waals surface area contributed by atoms with Crippen LogP contribution in [0, 0.1) is 12.8 Å². The number of nitrogens with zero attached hydrogens (tertiary/aromatic N) is 1. The molecule has 0 bridgehead atoms. The highest BCUT2D eigenvalue weighted by Gasteiger charge is 2.11. The third-order valence-corrected chi connectivity index (χ3v) is 8.15. The third kappa shape index (κ3) is 14.7. The molecule has 0 spiro atoms. The minimum absolute atomic E-state index is 0.192. The van der Waals surface area contributed by atoms with E-state index < -0.39 is 5.97 Å². The van der Waals surface area contributed by atoms with Crippen LogP contribution in [-0.2, 0) is 0 Å². The number of unbranched alkanes of at least 4 members (excludes halogenated alkanes) is 3. The molecule has 0 fully saturated rings. The number of hydrogen-bond acceptors (Lipinski definition) is 8. The van der Waals surface area contributed by atoms with E-state index in [0.29, 0.717) is 46.8 Å². The van der Waals surface area contributed by atoms with E-state index in [9.17, 15) is 9.59 Å². The summed E-state index contributed by atoms with van der Waals surface area (Å²) in [6.07, 6.45) is 11.0. The van der Waals surface area contributed by atoms with Gasteiger partial charge in [-0.05, 0) is 112 Å². The van der Waals surface area contributed by atoms with Gasteiger partial charge < -0.3 is 23.7 Å². The normalized spacial score (nSPS) is 11.7. The van der Waals surface area contributed by atoms with E-state index in [2.05, 4.69) is 32.7 Å². The van der Waals surface area contributed by atoms with Gasteiger partial charge in [0.1, 0.15) is 23.0 Å². The third-order valence-electron chi connectivity index (χ3n) is 8.15.